The first kappa shape index (κ1) is 13.7. The van der Waals surface area contributed by atoms with Crippen molar-refractivity contribution >= 4 is 30.3 Å². The van der Waals surface area contributed by atoms with Gasteiger partial charge in [0.05, 0.1) is 0 Å². The van der Waals surface area contributed by atoms with Gasteiger partial charge in [-0.15, -0.1) is 11.3 Å². The Morgan fingerprint density at radius 3 is 2.60 bits per heavy atom. The molecule has 1 atom stereocenters. The number of fused-ring (bicyclic) bond motifs is 1. The van der Waals surface area contributed by atoms with E-state index in [1.807, 2.05) is 11.3 Å². The molecule has 1 aromatic carbocycles. The Kier molecular flexibility index (Phi) is 3.57. The van der Waals surface area contributed by atoms with Crippen LogP contribution in [0.15, 0.2) is 48.0 Å². The van der Waals surface area contributed by atoms with E-state index in [0.29, 0.717) is 5.92 Å². The van der Waals surface area contributed by atoms with Gasteiger partial charge < -0.3 is 4.98 Å². The van der Waals surface area contributed by atoms with Gasteiger partial charge in [-0.1, -0.05) is 43.9 Å². The van der Waals surface area contributed by atoms with Crippen LogP contribution in [0.4, 0.5) is 0 Å². The summed E-state index contributed by atoms with van der Waals surface area (Å²) in [5, 5.41) is 3.57. The maximum absolute atomic E-state index is 3.44. The molecule has 1 nitrogen and oxygen atoms in total. The van der Waals surface area contributed by atoms with Crippen molar-refractivity contribution < 1.29 is 0 Å². The summed E-state index contributed by atoms with van der Waals surface area (Å²) in [4.78, 5) is 4.93. The second-order valence-corrected chi connectivity index (χ2v) is 13.1. The number of benzene rings is 1. The number of H-pyrrole nitrogens is 1. The van der Waals surface area contributed by atoms with Gasteiger partial charge in [0.2, 0.25) is 0 Å². The molecule has 0 aliphatic carbocycles. The number of nitrogens with one attached hydrogen (secondary N) is 1. The van der Waals surface area contributed by atoms with Gasteiger partial charge in [-0.3, -0.25) is 0 Å². The van der Waals surface area contributed by atoms with E-state index in [4.69, 9.17) is 0 Å². The van der Waals surface area contributed by atoms with Crippen LogP contribution in [0.25, 0.3) is 10.9 Å². The molecule has 0 fully saturated rings. The van der Waals surface area contributed by atoms with Crippen molar-refractivity contribution in [1.82, 2.24) is 4.98 Å². The number of hydrogen-bond acceptors (Lipinski definition) is 1. The summed E-state index contributed by atoms with van der Waals surface area (Å²) in [5.41, 5.74) is 2.71. The average molecular weight is 300 g/mol. The molecular formula is C17H21NSSi. The largest absolute Gasteiger partial charge is 0.361 e. The number of rotatable bonds is 4. The van der Waals surface area contributed by atoms with Crippen molar-refractivity contribution in [2.24, 2.45) is 0 Å². The third-order valence-electron chi connectivity index (χ3n) is 3.70. The van der Waals surface area contributed by atoms with Crippen molar-refractivity contribution in [1.29, 1.82) is 0 Å². The van der Waals surface area contributed by atoms with E-state index in [2.05, 4.69) is 72.6 Å². The topological polar surface area (TPSA) is 15.8 Å². The summed E-state index contributed by atoms with van der Waals surface area (Å²) in [7, 11) is -1.13. The zero-order valence-electron chi connectivity index (χ0n) is 12.3. The first-order chi connectivity index (χ1) is 9.54. The first-order valence-corrected chi connectivity index (χ1v) is 11.7. The van der Waals surface area contributed by atoms with Crippen LogP contribution >= 0.6 is 11.3 Å². The smallest absolute Gasteiger partial charge is 0.0457 e. The Morgan fingerprint density at radius 2 is 1.90 bits per heavy atom. The summed E-state index contributed by atoms with van der Waals surface area (Å²) >= 11 is 1.89. The number of thiophene rings is 1. The maximum Gasteiger partial charge on any atom is 0.0457 e. The predicted molar refractivity (Wildman–Crippen MR) is 92.6 cm³/mol. The van der Waals surface area contributed by atoms with E-state index >= 15 is 0 Å². The lowest BCUT2D eigenvalue weighted by atomic mass is 9.99. The molecule has 3 rings (SSSR count). The Labute approximate surface area is 125 Å². The molecule has 0 unspecified atom stereocenters. The third kappa shape index (κ3) is 2.74. The normalized spacial score (nSPS) is 13.8. The van der Waals surface area contributed by atoms with Gasteiger partial charge in [-0.05, 0) is 29.1 Å². The van der Waals surface area contributed by atoms with E-state index in [1.165, 1.54) is 27.4 Å². The molecule has 0 saturated carbocycles. The second kappa shape index (κ2) is 5.22. The Balaban J connectivity index is 2.09. The minimum atomic E-state index is -1.13. The zero-order chi connectivity index (χ0) is 14.2. The van der Waals surface area contributed by atoms with Gasteiger partial charge in [-0.2, -0.15) is 0 Å². The molecule has 0 amide bonds. The molecule has 1 N–H and O–H groups in total. The molecule has 3 heteroatoms. The number of para-hydroxylation sites is 1. The molecule has 0 aliphatic rings. The molecule has 0 aliphatic heterocycles. The van der Waals surface area contributed by atoms with Crippen LogP contribution < -0.4 is 0 Å². The van der Waals surface area contributed by atoms with E-state index in [0.717, 1.165) is 0 Å². The minimum absolute atomic E-state index is 0.540. The fourth-order valence-corrected chi connectivity index (χ4v) is 5.51. The van der Waals surface area contributed by atoms with Crippen LogP contribution in [0.3, 0.4) is 0 Å². The lowest BCUT2D eigenvalue weighted by Gasteiger charge is -2.23. The summed E-state index contributed by atoms with van der Waals surface area (Å²) in [5.74, 6) is 0.540. The van der Waals surface area contributed by atoms with E-state index < -0.39 is 8.07 Å². The minimum Gasteiger partial charge on any atom is -0.361 e. The SMILES string of the molecule is C[Si](C)(C)C[C@H](c1cccs1)c1c[nH]c2ccccc12. The average Bonchev–Trinajstić information content (AvgIpc) is 3.05. The van der Waals surface area contributed by atoms with Crippen molar-refractivity contribution in [2.75, 3.05) is 0 Å². The number of aromatic nitrogens is 1. The zero-order valence-corrected chi connectivity index (χ0v) is 14.1. The monoisotopic (exact) mass is 299 g/mol. The standard InChI is InChI=1S/C17H21NSSi/c1-20(2,3)12-15(17-9-6-10-19-17)14-11-18-16-8-5-4-7-13(14)16/h4-11,15,18H,12H2,1-3H3/t15-/m0/s1. The first-order valence-electron chi connectivity index (χ1n) is 7.14. The van der Waals surface area contributed by atoms with Crippen LogP contribution in [-0.4, -0.2) is 13.1 Å². The highest BCUT2D eigenvalue weighted by Crippen LogP contribution is 2.38. The highest BCUT2D eigenvalue weighted by Gasteiger charge is 2.25. The van der Waals surface area contributed by atoms with Gasteiger partial charge in [0.1, 0.15) is 0 Å². The second-order valence-electron chi connectivity index (χ2n) is 6.62. The molecule has 0 bridgehead atoms. The van der Waals surface area contributed by atoms with E-state index in [-0.39, 0.29) is 0 Å². The number of aromatic amines is 1. The Hall–Kier alpha value is -1.32. The summed E-state index contributed by atoms with van der Waals surface area (Å²) in [6, 6.07) is 14.4. The molecule has 0 radical (unpaired) electrons. The van der Waals surface area contributed by atoms with Gasteiger partial charge in [0.25, 0.3) is 0 Å². The maximum atomic E-state index is 3.44. The predicted octanol–water partition coefficient (Wildman–Crippen LogP) is 5.70. The van der Waals surface area contributed by atoms with E-state index in [1.54, 1.807) is 0 Å². The summed E-state index contributed by atoms with van der Waals surface area (Å²) in [6.45, 7) is 7.38. The molecule has 20 heavy (non-hydrogen) atoms. The van der Waals surface area contributed by atoms with Gasteiger partial charge >= 0.3 is 0 Å². The van der Waals surface area contributed by atoms with Gasteiger partial charge in [-0.25, -0.2) is 0 Å². The Morgan fingerprint density at radius 1 is 1.10 bits per heavy atom. The molecule has 0 spiro atoms. The van der Waals surface area contributed by atoms with Crippen LogP contribution in [0.1, 0.15) is 16.4 Å². The van der Waals surface area contributed by atoms with Crippen molar-refractivity contribution in [3.05, 3.63) is 58.4 Å². The molecule has 0 saturated heterocycles. The molecule has 2 aromatic heterocycles. The molecule has 2 heterocycles. The molecular weight excluding hydrogens is 278 g/mol. The number of hydrogen-bond donors (Lipinski definition) is 1. The lowest BCUT2D eigenvalue weighted by Crippen LogP contribution is -2.23. The highest BCUT2D eigenvalue weighted by molar-refractivity contribution is 7.10. The van der Waals surface area contributed by atoms with Crippen LogP contribution in [0.2, 0.25) is 25.7 Å². The van der Waals surface area contributed by atoms with Gasteiger partial charge in [0.15, 0.2) is 0 Å². The van der Waals surface area contributed by atoms with Crippen LogP contribution in [-0.2, 0) is 0 Å². The van der Waals surface area contributed by atoms with Crippen LogP contribution in [0.5, 0.6) is 0 Å². The quantitative estimate of drug-likeness (QED) is 0.595. The van der Waals surface area contributed by atoms with E-state index in [9.17, 15) is 0 Å². The molecule has 104 valence electrons. The fraction of sp³-hybridized carbons (Fsp3) is 0.294. The summed E-state index contributed by atoms with van der Waals surface area (Å²) in [6.07, 6.45) is 2.22. The Bertz CT molecular complexity index is 691. The van der Waals surface area contributed by atoms with Crippen LogP contribution in [0, 0.1) is 0 Å². The van der Waals surface area contributed by atoms with Crippen molar-refractivity contribution in [3.8, 4) is 0 Å². The van der Waals surface area contributed by atoms with Crippen molar-refractivity contribution in [3.63, 3.8) is 0 Å². The molecule has 3 aromatic rings. The fourth-order valence-electron chi connectivity index (χ4n) is 2.85. The van der Waals surface area contributed by atoms with Crippen molar-refractivity contribution in [2.45, 2.75) is 31.6 Å². The van der Waals surface area contributed by atoms with Gasteiger partial charge in [0, 0.05) is 36.0 Å². The third-order valence-corrected chi connectivity index (χ3v) is 6.32. The highest BCUT2D eigenvalue weighted by atomic mass is 32.1. The summed E-state index contributed by atoms with van der Waals surface area (Å²) < 4.78 is 0. The lowest BCUT2D eigenvalue weighted by molar-refractivity contribution is 0.930.